The van der Waals surface area contributed by atoms with Crippen LogP contribution < -0.4 is 16.2 Å². The predicted molar refractivity (Wildman–Crippen MR) is 493 cm³/mol. The molecular weight excluding hydrogens is 1810 g/mol. The van der Waals surface area contributed by atoms with Crippen molar-refractivity contribution in [3.8, 4) is 21.1 Å². The number of aromatic nitrogens is 4. The van der Waals surface area contributed by atoms with E-state index < -0.39 is 218 Å². The maximum atomic E-state index is 17.0. The Morgan fingerprint density at radius 1 is 0.627 bits per heavy atom. The number of aliphatic hydroxyl groups is 4. The third kappa shape index (κ3) is 28.3. The molecule has 0 radical (unpaired) electrons. The zero-order valence-corrected chi connectivity index (χ0v) is 83.1. The van der Waals surface area contributed by atoms with Gasteiger partial charge in [-0.1, -0.05) is 74.4 Å². The van der Waals surface area contributed by atoms with E-state index in [0.29, 0.717) is 46.3 Å². The van der Waals surface area contributed by atoms with Crippen molar-refractivity contribution < 1.29 is 139 Å². The van der Waals surface area contributed by atoms with Crippen LogP contribution in [0.5, 0.6) is 0 Å². The monoisotopic (exact) mass is 1950 g/mol. The first-order valence-corrected chi connectivity index (χ1v) is 48.4. The van der Waals surface area contributed by atoms with Gasteiger partial charge in [0.05, 0.1) is 72.4 Å². The maximum Gasteiger partial charge on any atom is 0.428 e. The maximum absolute atomic E-state index is 17.0. The first-order valence-electron chi connectivity index (χ1n) is 45.0. The average molecular weight is 1950 g/mol. The second-order valence-corrected chi connectivity index (χ2v) is 40.1. The molecule has 6 saturated heterocycles. The summed E-state index contributed by atoms with van der Waals surface area (Å²) in [6.07, 6.45) is -9.96. The van der Waals surface area contributed by atoms with Crippen molar-refractivity contribution in [1.82, 2.24) is 35.1 Å². The number of nitrogens with two attached hydrogens (primary N) is 1. The lowest BCUT2D eigenvalue weighted by atomic mass is 9.73. The van der Waals surface area contributed by atoms with Crippen LogP contribution in [0, 0.1) is 35.5 Å². The minimum atomic E-state index is -4.55. The SMILES string of the molecule is CB(O)NOCc1ccc(-c2nc(N)cs2)cn1.CCC(=O)N=C1[C@H](C)C[C@@]2(C)OC/C(=N/OCc3ccc(-c4nc(NP(=O)(O)O)cs4)cn3)CO[C@H]([C@H]1C)[C@](C)(O)[C@@H](CC)OC(=O)[C@@](C)(F)C(=O)[C@H](C)[C@H]2O[C@@H]1O[C@H](C)C[C@H](N(C)C)[C@H]1O.CCC(=O)N=C1[C@H](C)C[C@@]2(C)OCC(=O)CO[C@H]([C@H]1C)[C@](C)(O)[C@@H](CC)OC(=O)[C@@](C)(F)C(=O)[C@H](C)[C@H]2O[C@@H]1O[C@H](C)C[C@H](N(C)C)[C@H]1O. The topological polar surface area (TPSA) is 534 Å². The van der Waals surface area contributed by atoms with E-state index in [2.05, 4.69) is 40.5 Å². The molecule has 2 amide bonds. The first-order chi connectivity index (χ1) is 62.5. The number of pyridine rings is 2. The molecule has 10 heterocycles. The van der Waals surface area contributed by atoms with E-state index in [9.17, 15) is 68.3 Å². The van der Waals surface area contributed by atoms with Gasteiger partial charge in [0.25, 0.3) is 11.3 Å². The number of aliphatic hydroxyl groups excluding tert-OH is 2. The van der Waals surface area contributed by atoms with Gasteiger partial charge in [-0.2, -0.15) is 0 Å². The molecule has 134 heavy (non-hydrogen) atoms. The summed E-state index contributed by atoms with van der Waals surface area (Å²) in [5, 5.41) is 69.9. The van der Waals surface area contributed by atoms with Crippen molar-refractivity contribution in [3.05, 3.63) is 58.8 Å². The molecule has 10 rings (SSSR count). The van der Waals surface area contributed by atoms with Crippen LogP contribution in [0.4, 0.5) is 20.4 Å². The second kappa shape index (κ2) is 47.5. The van der Waals surface area contributed by atoms with Crippen molar-refractivity contribution in [3.63, 3.8) is 0 Å². The molecule has 0 aromatic carbocycles. The number of Topliss-reactive ketones (excluding diaryl/α,β-unsaturated/α-hetero) is 3. The number of rotatable bonds is 21. The number of carbonyl (C=O) groups excluding carboxylic acids is 7. The zero-order valence-electron chi connectivity index (χ0n) is 80.6. The molecular formula is C89H136BF2N12O27PS2. The Labute approximate surface area is 789 Å². The van der Waals surface area contributed by atoms with Gasteiger partial charge in [-0.15, -0.1) is 22.7 Å². The van der Waals surface area contributed by atoms with Crippen LogP contribution in [-0.4, -0.2) is 304 Å². The molecule has 6 aliphatic heterocycles. The molecule has 45 heteroatoms. The summed E-state index contributed by atoms with van der Waals surface area (Å²) in [4.78, 5) is 155. The lowest BCUT2D eigenvalue weighted by Crippen LogP contribution is -2.61. The third-order valence-corrected chi connectivity index (χ3v) is 27.4. The molecule has 11 N–H and O–H groups in total. The van der Waals surface area contributed by atoms with Crippen LogP contribution in [-0.2, 0) is 108 Å². The Morgan fingerprint density at radius 3 is 1.45 bits per heavy atom. The van der Waals surface area contributed by atoms with Gasteiger partial charge in [0.1, 0.15) is 82.8 Å². The van der Waals surface area contributed by atoms with Crippen molar-refractivity contribution in [2.75, 3.05) is 65.4 Å². The number of nitrogens with one attached hydrogen (secondary N) is 2. The number of fused-ring (bicyclic) bond motifs is 10. The Hall–Kier alpha value is -7.35. The van der Waals surface area contributed by atoms with E-state index in [0.717, 1.165) is 41.4 Å². The molecule has 4 aromatic heterocycles. The Kier molecular flexibility index (Phi) is 39.7. The minimum Gasteiger partial charge on any atom is -0.457 e. The number of ether oxygens (including phenoxy) is 10. The molecule has 0 spiro atoms. The van der Waals surface area contributed by atoms with Crippen LogP contribution in [0.2, 0.25) is 6.82 Å². The van der Waals surface area contributed by atoms with Crippen LogP contribution in [0.1, 0.15) is 187 Å². The number of esters is 2. The van der Waals surface area contributed by atoms with Gasteiger partial charge in [0.15, 0.2) is 36.5 Å². The number of cyclic esters (lactones) is 2. The number of thiazole rings is 2. The second-order valence-electron chi connectivity index (χ2n) is 37.0. The Balaban J connectivity index is 0.000000286. The number of nitrogens with zero attached hydrogens (tertiary/aromatic N) is 9. The number of aliphatic imine (C=N–C) groups is 2. The summed E-state index contributed by atoms with van der Waals surface area (Å²) in [5.74, 6) is -12.3. The van der Waals surface area contributed by atoms with E-state index in [4.69, 9.17) is 67.8 Å². The predicted octanol–water partition coefficient (Wildman–Crippen LogP) is 8.15. The zero-order chi connectivity index (χ0) is 100.0. The standard InChI is InChI=1S/C44H66FN6O14PS.C35H57FN2O11.C10H13BN4O2S/c1-12-31-44(9,56)38-25(5)34(48-33(52)13-2)23(3)17-42(7,37(26(6)36(54)43(8,45)41(55)64-31)65-40-35(53)30(51(10)11)16-24(4)63-40)61-20-29(19-60-38)49-62-21-28-15-14-27(18-46-28)39-47-32(22-67-39)50-66(57,58)59;1-12-24-35(9,44)30-20(5)26(37-25(40)13-2)18(3)15-33(7,46-17-22(39)16-45-30)29(21(6)28(42)34(8,36)32(43)48-24)49-31-27(41)23(38(10)11)14-19(4)47-31;1-11(16)15-17-5-8-3-2-7(4-13-8)10-14-9(12)6-18-10/h14-15,18,22-26,30-31,35,37-38,40,53,56H,12-13,16-17,19-21H2,1-11H3,(H3,50,57,58,59);18-21,23-24,27,29-31,41,44H,12-17H2,1-11H3;2-4,6,15-16H,5,12H2,1H3/b48-34?,49-29+;;/t23-,24-,25+,26+,30+,31-,35-,37-,38-,40+,42-,43+,44-;18-,19-,20+,21+,23+,24-,27-,29-,30-,31+,33-,34+,35-;/m11./s1. The van der Waals surface area contributed by atoms with E-state index in [1.165, 1.54) is 50.6 Å². The fourth-order valence-corrected chi connectivity index (χ4v) is 19.9. The number of carbonyl (C=O) groups is 7. The molecule has 26 atom stereocenters. The lowest BCUT2D eigenvalue weighted by Gasteiger charge is -2.47. The number of nitrogen functional groups attached to an aromatic ring is 1. The van der Waals surface area contributed by atoms with E-state index in [-0.39, 0.29) is 82.6 Å². The van der Waals surface area contributed by atoms with Gasteiger partial charge < -0.3 is 108 Å². The number of oxime groups is 1. The number of hydrogen-bond donors (Lipinski definition) is 10. The quantitative estimate of drug-likeness (QED) is 0.0124. The fraction of sp³-hybridized carbons (Fsp3) is 0.708. The lowest BCUT2D eigenvalue weighted by molar-refractivity contribution is -0.297. The Morgan fingerprint density at radius 2 is 1.05 bits per heavy atom. The summed E-state index contributed by atoms with van der Waals surface area (Å²) < 4.78 is 107. The Bertz CT molecular complexity index is 4780. The highest BCUT2D eigenvalue weighted by molar-refractivity contribution is 7.53. The number of anilines is 2. The number of hydrogen-bond acceptors (Lipinski definition) is 36. The van der Waals surface area contributed by atoms with Crippen molar-refractivity contribution in [2.45, 2.75) is 315 Å². The normalized spacial score (nSPS) is 35.7. The number of alkyl halides is 2. The summed E-state index contributed by atoms with van der Waals surface area (Å²) in [6, 6.07) is 6.27. The minimum absolute atomic E-state index is 0.00956. The van der Waals surface area contributed by atoms with Crippen LogP contribution in [0.25, 0.3) is 21.1 Å². The smallest absolute Gasteiger partial charge is 0.428 e. The number of halogens is 2. The van der Waals surface area contributed by atoms with Gasteiger partial charge >= 0.3 is 26.7 Å². The summed E-state index contributed by atoms with van der Waals surface area (Å²) in [5.41, 5.74) is -4.80. The number of ketones is 3. The fourth-order valence-electron chi connectivity index (χ4n) is 18.0. The summed E-state index contributed by atoms with van der Waals surface area (Å²) in [7, 11) is 1.94. The van der Waals surface area contributed by atoms with E-state index in [1.807, 2.05) is 40.9 Å². The van der Waals surface area contributed by atoms with Crippen molar-refractivity contribution in [2.24, 2.45) is 50.6 Å². The van der Waals surface area contributed by atoms with Gasteiger partial charge in [-0.05, 0) is 165 Å². The first kappa shape index (κ1) is 112. The highest BCUT2D eigenvalue weighted by Gasteiger charge is 2.60. The molecule has 0 unspecified atom stereocenters. The molecule has 4 aromatic rings. The number of amides is 2. The van der Waals surface area contributed by atoms with Crippen LogP contribution in [0.3, 0.4) is 0 Å². The molecule has 39 nitrogen and oxygen atoms in total. The van der Waals surface area contributed by atoms with Crippen LogP contribution in [0.15, 0.2) is 62.6 Å². The van der Waals surface area contributed by atoms with E-state index >= 15 is 8.78 Å². The highest BCUT2D eigenvalue weighted by atomic mass is 32.1. The van der Waals surface area contributed by atoms with Gasteiger partial charge in [-0.3, -0.25) is 39.0 Å². The largest absolute Gasteiger partial charge is 0.457 e. The summed E-state index contributed by atoms with van der Waals surface area (Å²) >= 11 is 2.63. The van der Waals surface area contributed by atoms with E-state index in [1.54, 1.807) is 128 Å². The molecule has 6 aliphatic rings. The number of likely N-dealkylation sites (N-methyl/N-ethyl adjacent to an activating group) is 2. The third-order valence-electron chi connectivity index (χ3n) is 25.1. The van der Waals surface area contributed by atoms with Crippen molar-refractivity contribution in [1.29, 1.82) is 0 Å². The molecule has 0 aliphatic carbocycles. The van der Waals surface area contributed by atoms with Crippen LogP contribution >= 0.6 is 30.4 Å². The molecule has 6 fully saturated rings. The van der Waals surface area contributed by atoms with Crippen molar-refractivity contribution >= 4 is 107 Å². The molecule has 4 bridgehead atoms. The van der Waals surface area contributed by atoms with Gasteiger partial charge in [0.2, 0.25) is 11.8 Å². The highest BCUT2D eigenvalue weighted by Crippen LogP contribution is 2.46. The molecule has 748 valence electrons. The summed E-state index contributed by atoms with van der Waals surface area (Å²) in [6.45, 7) is 27.4. The average Bonchev–Trinajstić information content (AvgIpc) is 1.08. The van der Waals surface area contributed by atoms with Gasteiger partial charge in [-0.25, -0.2) is 48.3 Å². The molecule has 0 saturated carbocycles. The van der Waals surface area contributed by atoms with Gasteiger partial charge in [0, 0.05) is 94.3 Å².